The van der Waals surface area contributed by atoms with Crippen LogP contribution in [0, 0.1) is 0 Å². The molecule has 184 valence electrons. The van der Waals surface area contributed by atoms with Crippen LogP contribution in [0.2, 0.25) is 0 Å². The number of fused-ring (bicyclic) bond motifs is 5. The molecule has 6 nitrogen and oxygen atoms in total. The van der Waals surface area contributed by atoms with Crippen molar-refractivity contribution in [3.8, 4) is 17.0 Å². The van der Waals surface area contributed by atoms with Crippen LogP contribution in [0.3, 0.4) is 0 Å². The Labute approximate surface area is 206 Å². The highest BCUT2D eigenvalue weighted by Crippen LogP contribution is 2.48. The van der Waals surface area contributed by atoms with Crippen LogP contribution in [0.15, 0.2) is 42.5 Å². The molecule has 2 atom stereocenters. The Hall–Kier alpha value is -2.83. The van der Waals surface area contributed by atoms with E-state index in [1.807, 2.05) is 18.2 Å². The summed E-state index contributed by atoms with van der Waals surface area (Å²) in [6, 6.07) is 14.3. The zero-order valence-corrected chi connectivity index (χ0v) is 20.6. The fraction of sp³-hybridized carbons (Fsp3) is 0.483. The molecule has 0 bridgehead atoms. The van der Waals surface area contributed by atoms with Gasteiger partial charge in [0.2, 0.25) is 0 Å². The number of aromatic carboxylic acids is 1. The van der Waals surface area contributed by atoms with Crippen molar-refractivity contribution in [2.75, 3.05) is 27.3 Å². The van der Waals surface area contributed by atoms with Gasteiger partial charge >= 0.3 is 5.97 Å². The van der Waals surface area contributed by atoms with Gasteiger partial charge in [-0.3, -0.25) is 0 Å². The number of ether oxygens (including phenoxy) is 2. The summed E-state index contributed by atoms with van der Waals surface area (Å²) in [5.74, 6) is 0.444. The lowest BCUT2D eigenvalue weighted by Crippen LogP contribution is -2.42. The molecule has 2 aliphatic heterocycles. The van der Waals surface area contributed by atoms with Crippen molar-refractivity contribution in [2.24, 2.45) is 0 Å². The molecule has 1 aliphatic carbocycles. The second-order valence-electron chi connectivity index (χ2n) is 10.8. The van der Waals surface area contributed by atoms with E-state index in [0.717, 1.165) is 23.3 Å². The summed E-state index contributed by atoms with van der Waals surface area (Å²) in [4.78, 5) is 14.2. The molecule has 1 saturated heterocycles. The van der Waals surface area contributed by atoms with Crippen LogP contribution >= 0.6 is 0 Å². The maximum absolute atomic E-state index is 12.0. The van der Waals surface area contributed by atoms with E-state index in [4.69, 9.17) is 9.47 Å². The first-order chi connectivity index (χ1) is 17.0. The summed E-state index contributed by atoms with van der Waals surface area (Å²) >= 11 is 0. The standard InChI is InChI=1S/C29H34N2O4/c1-30(2)21-15-29(35-16-21)17-31-24-14-20(28(32)33)12-13-22(24)26(19-8-4-3-5-9-19)27(31)23-10-6-7-11-25(23)34-18-29/h6-7,10-14,19,21H,3-5,8-9,15-18H2,1-2H3,(H,32,33)/t21-,29-/m1/s1. The summed E-state index contributed by atoms with van der Waals surface area (Å²) in [5.41, 5.74) is 4.48. The molecule has 1 saturated carbocycles. The van der Waals surface area contributed by atoms with Gasteiger partial charge < -0.3 is 24.0 Å². The minimum Gasteiger partial charge on any atom is -0.490 e. The van der Waals surface area contributed by atoms with Crippen molar-refractivity contribution < 1.29 is 19.4 Å². The molecule has 3 aromatic rings. The van der Waals surface area contributed by atoms with E-state index in [1.165, 1.54) is 48.7 Å². The van der Waals surface area contributed by atoms with Gasteiger partial charge in [0.25, 0.3) is 0 Å². The third-order valence-corrected chi connectivity index (χ3v) is 8.36. The summed E-state index contributed by atoms with van der Waals surface area (Å²) in [6.07, 6.45) is 6.97. The van der Waals surface area contributed by atoms with Crippen molar-refractivity contribution in [3.63, 3.8) is 0 Å². The van der Waals surface area contributed by atoms with E-state index in [0.29, 0.717) is 37.3 Å². The van der Waals surface area contributed by atoms with Gasteiger partial charge in [-0.2, -0.15) is 0 Å². The number of carboxylic acids is 1. The molecular formula is C29H34N2O4. The van der Waals surface area contributed by atoms with Crippen molar-refractivity contribution in [3.05, 3.63) is 53.6 Å². The zero-order valence-electron chi connectivity index (χ0n) is 20.6. The predicted octanol–water partition coefficient (Wildman–Crippen LogP) is 5.54. The first-order valence-electron chi connectivity index (χ1n) is 12.9. The molecule has 3 heterocycles. The fourth-order valence-corrected chi connectivity index (χ4v) is 6.46. The maximum Gasteiger partial charge on any atom is 0.335 e. The number of hydrogen-bond acceptors (Lipinski definition) is 4. The Bertz CT molecular complexity index is 1270. The minimum absolute atomic E-state index is 0.325. The predicted molar refractivity (Wildman–Crippen MR) is 136 cm³/mol. The minimum atomic E-state index is -0.893. The monoisotopic (exact) mass is 474 g/mol. The van der Waals surface area contributed by atoms with E-state index in [9.17, 15) is 9.90 Å². The molecule has 3 aliphatic rings. The van der Waals surface area contributed by atoms with Crippen molar-refractivity contribution in [1.82, 2.24) is 9.47 Å². The Kier molecular flexibility index (Phi) is 5.61. The Morgan fingerprint density at radius 3 is 2.66 bits per heavy atom. The average molecular weight is 475 g/mol. The smallest absolute Gasteiger partial charge is 0.335 e. The third-order valence-electron chi connectivity index (χ3n) is 8.36. The summed E-state index contributed by atoms with van der Waals surface area (Å²) < 4.78 is 15.4. The summed E-state index contributed by atoms with van der Waals surface area (Å²) in [7, 11) is 4.20. The van der Waals surface area contributed by atoms with E-state index >= 15 is 0 Å². The second kappa shape index (κ2) is 8.68. The first-order valence-corrected chi connectivity index (χ1v) is 12.9. The third kappa shape index (κ3) is 3.83. The van der Waals surface area contributed by atoms with E-state index in [-0.39, 0.29) is 0 Å². The normalized spacial score (nSPS) is 24.7. The second-order valence-corrected chi connectivity index (χ2v) is 10.8. The molecule has 2 fully saturated rings. The van der Waals surface area contributed by atoms with Crippen molar-refractivity contribution in [1.29, 1.82) is 0 Å². The molecule has 1 spiro atoms. The lowest BCUT2D eigenvalue weighted by Gasteiger charge is -2.34. The van der Waals surface area contributed by atoms with Gasteiger partial charge in [0.15, 0.2) is 0 Å². The molecule has 35 heavy (non-hydrogen) atoms. The number of benzene rings is 2. The number of carboxylic acid groups (broad SMARTS) is 1. The summed E-state index contributed by atoms with van der Waals surface area (Å²) in [5, 5.41) is 11.0. The lowest BCUT2D eigenvalue weighted by molar-refractivity contribution is -0.0430. The Balaban J connectivity index is 1.62. The molecule has 2 aromatic carbocycles. The van der Waals surface area contributed by atoms with Gasteiger partial charge in [-0.15, -0.1) is 0 Å². The average Bonchev–Trinajstić information content (AvgIpc) is 3.42. The summed E-state index contributed by atoms with van der Waals surface area (Å²) in [6.45, 7) is 1.79. The topological polar surface area (TPSA) is 63.9 Å². The first kappa shape index (κ1) is 22.6. The SMILES string of the molecule is CN(C)[C@H]1CO[C@]2(COc3ccccc3-c3c(C4CCCCC4)c4ccc(C(=O)O)cc4n3C2)C1. The van der Waals surface area contributed by atoms with Gasteiger partial charge in [-0.1, -0.05) is 37.5 Å². The van der Waals surface area contributed by atoms with Gasteiger partial charge in [0, 0.05) is 22.5 Å². The van der Waals surface area contributed by atoms with Crippen LogP contribution in [-0.4, -0.2) is 59.5 Å². The molecule has 0 amide bonds. The number of likely N-dealkylation sites (N-methyl/N-ethyl adjacent to an activating group) is 1. The van der Waals surface area contributed by atoms with Crippen LogP contribution in [0.4, 0.5) is 0 Å². The number of para-hydroxylation sites is 1. The number of carbonyl (C=O) groups is 1. The van der Waals surface area contributed by atoms with E-state index in [1.54, 1.807) is 6.07 Å². The number of nitrogens with zero attached hydrogens (tertiary/aromatic N) is 2. The van der Waals surface area contributed by atoms with Gasteiger partial charge in [0.1, 0.15) is 18.0 Å². The highest BCUT2D eigenvalue weighted by Gasteiger charge is 2.45. The molecule has 6 heteroatoms. The van der Waals surface area contributed by atoms with Crippen LogP contribution in [0.1, 0.15) is 60.4 Å². The highest BCUT2D eigenvalue weighted by atomic mass is 16.5. The highest BCUT2D eigenvalue weighted by molar-refractivity contribution is 5.98. The van der Waals surface area contributed by atoms with Crippen LogP contribution in [0.25, 0.3) is 22.2 Å². The molecule has 0 unspecified atom stereocenters. The number of rotatable bonds is 3. The van der Waals surface area contributed by atoms with Crippen molar-refractivity contribution in [2.45, 2.75) is 62.6 Å². The number of aromatic nitrogens is 1. The van der Waals surface area contributed by atoms with Crippen LogP contribution < -0.4 is 4.74 Å². The van der Waals surface area contributed by atoms with Crippen molar-refractivity contribution >= 4 is 16.9 Å². The zero-order chi connectivity index (χ0) is 24.2. The Morgan fingerprint density at radius 2 is 1.91 bits per heavy atom. The lowest BCUT2D eigenvalue weighted by atomic mass is 9.81. The van der Waals surface area contributed by atoms with E-state index < -0.39 is 11.6 Å². The molecule has 1 N–H and O–H groups in total. The van der Waals surface area contributed by atoms with Crippen LogP contribution in [-0.2, 0) is 11.3 Å². The molecule has 6 rings (SSSR count). The van der Waals surface area contributed by atoms with Crippen LogP contribution in [0.5, 0.6) is 5.75 Å². The van der Waals surface area contributed by atoms with Gasteiger partial charge in [-0.25, -0.2) is 4.79 Å². The Morgan fingerprint density at radius 1 is 1.11 bits per heavy atom. The molecular weight excluding hydrogens is 440 g/mol. The largest absolute Gasteiger partial charge is 0.490 e. The number of hydrogen-bond donors (Lipinski definition) is 1. The fourth-order valence-electron chi connectivity index (χ4n) is 6.46. The maximum atomic E-state index is 12.0. The molecule has 0 radical (unpaired) electrons. The van der Waals surface area contributed by atoms with Gasteiger partial charge in [-0.05, 0) is 69.1 Å². The van der Waals surface area contributed by atoms with E-state index in [2.05, 4.69) is 41.8 Å². The van der Waals surface area contributed by atoms with Gasteiger partial charge in [0.05, 0.1) is 24.4 Å². The quantitative estimate of drug-likeness (QED) is 0.540. The molecule has 1 aromatic heterocycles.